The molecule has 2 heterocycles. The van der Waals surface area contributed by atoms with Crippen LogP contribution in [0.25, 0.3) is 11.4 Å². The predicted molar refractivity (Wildman–Crippen MR) is 64.7 cm³/mol. The molecular formula is C13H14FN3O. The van der Waals surface area contributed by atoms with E-state index in [2.05, 4.69) is 15.5 Å². The van der Waals surface area contributed by atoms with E-state index in [0.717, 1.165) is 25.1 Å². The highest BCUT2D eigenvalue weighted by Gasteiger charge is 2.23. The van der Waals surface area contributed by atoms with Gasteiger partial charge in [-0.05, 0) is 37.6 Å². The van der Waals surface area contributed by atoms with Gasteiger partial charge in [0.05, 0.1) is 5.92 Å². The third-order valence-electron chi connectivity index (χ3n) is 3.29. The number of rotatable bonds is 2. The third kappa shape index (κ3) is 2.01. The van der Waals surface area contributed by atoms with Gasteiger partial charge in [0.15, 0.2) is 0 Å². The van der Waals surface area contributed by atoms with Crippen LogP contribution < -0.4 is 5.32 Å². The van der Waals surface area contributed by atoms with E-state index >= 15 is 0 Å². The van der Waals surface area contributed by atoms with Crippen LogP contribution in [0, 0.1) is 12.7 Å². The number of aryl methyl sites for hydroxylation is 1. The standard InChI is InChI=1S/C13H14FN3O/c1-8-2-3-10(14)6-11(8)12-16-13(18-17-12)9-4-5-15-7-9/h2-3,6,9,15H,4-5,7H2,1H3. The summed E-state index contributed by atoms with van der Waals surface area (Å²) in [5.41, 5.74) is 1.63. The van der Waals surface area contributed by atoms with Crippen LogP contribution >= 0.6 is 0 Å². The first-order valence-corrected chi connectivity index (χ1v) is 6.05. The molecule has 0 aliphatic carbocycles. The molecule has 4 nitrogen and oxygen atoms in total. The summed E-state index contributed by atoms with van der Waals surface area (Å²) in [4.78, 5) is 4.38. The van der Waals surface area contributed by atoms with E-state index in [1.165, 1.54) is 12.1 Å². The predicted octanol–water partition coefficient (Wildman–Crippen LogP) is 2.26. The maximum atomic E-state index is 13.2. The highest BCUT2D eigenvalue weighted by Crippen LogP contribution is 2.25. The van der Waals surface area contributed by atoms with E-state index < -0.39 is 0 Å². The minimum absolute atomic E-state index is 0.278. The Morgan fingerprint density at radius 1 is 1.44 bits per heavy atom. The fourth-order valence-electron chi connectivity index (χ4n) is 2.21. The minimum Gasteiger partial charge on any atom is -0.339 e. The van der Waals surface area contributed by atoms with Crippen LogP contribution in [0.15, 0.2) is 22.7 Å². The van der Waals surface area contributed by atoms with Crippen LogP contribution in [-0.2, 0) is 0 Å². The molecule has 94 valence electrons. The number of nitrogens with one attached hydrogen (secondary N) is 1. The van der Waals surface area contributed by atoms with E-state index in [1.54, 1.807) is 6.07 Å². The lowest BCUT2D eigenvalue weighted by atomic mass is 10.1. The average molecular weight is 247 g/mol. The van der Waals surface area contributed by atoms with Crippen molar-refractivity contribution >= 4 is 0 Å². The van der Waals surface area contributed by atoms with Gasteiger partial charge in [0, 0.05) is 12.1 Å². The van der Waals surface area contributed by atoms with Crippen LogP contribution in [-0.4, -0.2) is 23.2 Å². The zero-order chi connectivity index (χ0) is 12.5. The van der Waals surface area contributed by atoms with Crippen molar-refractivity contribution in [3.05, 3.63) is 35.5 Å². The summed E-state index contributed by atoms with van der Waals surface area (Å²) in [5.74, 6) is 1.09. The first-order valence-electron chi connectivity index (χ1n) is 6.05. The van der Waals surface area contributed by atoms with Crippen LogP contribution in [0.1, 0.15) is 23.8 Å². The van der Waals surface area contributed by atoms with E-state index in [9.17, 15) is 4.39 Å². The Hall–Kier alpha value is -1.75. The summed E-state index contributed by atoms with van der Waals surface area (Å²) in [6.07, 6.45) is 1.00. The topological polar surface area (TPSA) is 51.0 Å². The Kier molecular flexibility index (Phi) is 2.83. The molecule has 0 bridgehead atoms. The van der Waals surface area contributed by atoms with E-state index in [-0.39, 0.29) is 11.7 Å². The van der Waals surface area contributed by atoms with Gasteiger partial charge in [0.25, 0.3) is 0 Å². The number of hydrogen-bond acceptors (Lipinski definition) is 4. The molecule has 1 saturated heterocycles. The fourth-order valence-corrected chi connectivity index (χ4v) is 2.21. The highest BCUT2D eigenvalue weighted by molar-refractivity contribution is 5.59. The van der Waals surface area contributed by atoms with E-state index in [1.807, 2.05) is 6.92 Å². The van der Waals surface area contributed by atoms with Gasteiger partial charge in [-0.2, -0.15) is 4.98 Å². The third-order valence-corrected chi connectivity index (χ3v) is 3.29. The summed E-state index contributed by atoms with van der Waals surface area (Å²) >= 11 is 0. The van der Waals surface area contributed by atoms with Gasteiger partial charge in [-0.25, -0.2) is 4.39 Å². The Morgan fingerprint density at radius 3 is 3.11 bits per heavy atom. The maximum absolute atomic E-state index is 13.2. The quantitative estimate of drug-likeness (QED) is 0.884. The van der Waals surface area contributed by atoms with Gasteiger partial charge in [0.2, 0.25) is 11.7 Å². The molecule has 1 fully saturated rings. The highest BCUT2D eigenvalue weighted by atomic mass is 19.1. The molecule has 0 spiro atoms. The molecule has 0 amide bonds. The number of benzene rings is 1. The van der Waals surface area contributed by atoms with Crippen molar-refractivity contribution in [1.29, 1.82) is 0 Å². The van der Waals surface area contributed by atoms with Gasteiger partial charge in [-0.1, -0.05) is 11.2 Å². The van der Waals surface area contributed by atoms with Crippen molar-refractivity contribution in [2.45, 2.75) is 19.3 Å². The molecule has 1 aliphatic heterocycles. The largest absolute Gasteiger partial charge is 0.339 e. The average Bonchev–Trinajstić information content (AvgIpc) is 3.00. The summed E-state index contributed by atoms with van der Waals surface area (Å²) in [6.45, 7) is 3.74. The first kappa shape index (κ1) is 11.3. The van der Waals surface area contributed by atoms with Crippen molar-refractivity contribution in [1.82, 2.24) is 15.5 Å². The zero-order valence-electron chi connectivity index (χ0n) is 10.1. The van der Waals surface area contributed by atoms with Crippen molar-refractivity contribution in [3.63, 3.8) is 0 Å². The Bertz CT molecular complexity index is 561. The lowest BCUT2D eigenvalue weighted by Gasteiger charge is -2.00. The molecule has 1 atom stereocenters. The number of halogens is 1. The van der Waals surface area contributed by atoms with Gasteiger partial charge in [-0.3, -0.25) is 0 Å². The summed E-state index contributed by atoms with van der Waals surface area (Å²) in [5, 5.41) is 7.20. The molecular weight excluding hydrogens is 233 g/mol. The van der Waals surface area contributed by atoms with Crippen molar-refractivity contribution in [2.24, 2.45) is 0 Å². The Morgan fingerprint density at radius 2 is 2.33 bits per heavy atom. The SMILES string of the molecule is Cc1ccc(F)cc1-c1noc(C2CCNC2)n1. The first-order chi connectivity index (χ1) is 8.74. The second kappa shape index (κ2) is 4.49. The maximum Gasteiger partial charge on any atom is 0.231 e. The van der Waals surface area contributed by atoms with Crippen LogP contribution in [0.2, 0.25) is 0 Å². The summed E-state index contributed by atoms with van der Waals surface area (Å²) in [6, 6.07) is 4.59. The molecule has 18 heavy (non-hydrogen) atoms. The van der Waals surface area contributed by atoms with Crippen molar-refractivity contribution < 1.29 is 8.91 Å². The molecule has 1 aromatic heterocycles. The van der Waals surface area contributed by atoms with E-state index in [0.29, 0.717) is 17.3 Å². The minimum atomic E-state index is -0.288. The van der Waals surface area contributed by atoms with E-state index in [4.69, 9.17) is 4.52 Å². The van der Waals surface area contributed by atoms with Gasteiger partial charge in [-0.15, -0.1) is 0 Å². The van der Waals surface area contributed by atoms with Crippen LogP contribution in [0.4, 0.5) is 4.39 Å². The summed E-state index contributed by atoms with van der Waals surface area (Å²) in [7, 11) is 0. The molecule has 0 radical (unpaired) electrons. The molecule has 0 saturated carbocycles. The molecule has 2 aromatic rings. The fraction of sp³-hybridized carbons (Fsp3) is 0.385. The second-order valence-electron chi connectivity index (χ2n) is 4.61. The Balaban J connectivity index is 1.94. The number of hydrogen-bond donors (Lipinski definition) is 1. The molecule has 5 heteroatoms. The van der Waals surface area contributed by atoms with Gasteiger partial charge in [0.1, 0.15) is 5.82 Å². The van der Waals surface area contributed by atoms with Crippen LogP contribution in [0.3, 0.4) is 0 Å². The molecule has 1 aromatic carbocycles. The normalized spacial score (nSPS) is 19.3. The van der Waals surface area contributed by atoms with Crippen molar-refractivity contribution in [3.8, 4) is 11.4 Å². The molecule has 1 aliphatic rings. The lowest BCUT2D eigenvalue weighted by molar-refractivity contribution is 0.359. The van der Waals surface area contributed by atoms with Crippen molar-refractivity contribution in [2.75, 3.05) is 13.1 Å². The summed E-state index contributed by atoms with van der Waals surface area (Å²) < 4.78 is 18.5. The molecule has 3 rings (SSSR count). The second-order valence-corrected chi connectivity index (χ2v) is 4.61. The smallest absolute Gasteiger partial charge is 0.231 e. The van der Waals surface area contributed by atoms with Gasteiger partial charge < -0.3 is 9.84 Å². The lowest BCUT2D eigenvalue weighted by Crippen LogP contribution is -2.08. The number of aromatic nitrogens is 2. The number of nitrogens with zero attached hydrogens (tertiary/aromatic N) is 2. The monoisotopic (exact) mass is 247 g/mol. The van der Waals surface area contributed by atoms with Gasteiger partial charge >= 0.3 is 0 Å². The van der Waals surface area contributed by atoms with Crippen LogP contribution in [0.5, 0.6) is 0 Å². The molecule has 1 unspecified atom stereocenters. The zero-order valence-corrected chi connectivity index (χ0v) is 10.1. The Labute approximate surface area is 104 Å². The molecule has 1 N–H and O–H groups in total.